The lowest BCUT2D eigenvalue weighted by Gasteiger charge is -2.17. The first-order valence-corrected chi connectivity index (χ1v) is 7.95. The minimum atomic E-state index is 0.290. The van der Waals surface area contributed by atoms with Gasteiger partial charge in [-0.05, 0) is 61.1 Å². The van der Waals surface area contributed by atoms with Crippen LogP contribution in [0.2, 0.25) is 0 Å². The molecule has 0 atom stereocenters. The van der Waals surface area contributed by atoms with E-state index in [2.05, 4.69) is 5.32 Å². The molecule has 2 aromatic rings. The zero-order valence-corrected chi connectivity index (χ0v) is 13.2. The van der Waals surface area contributed by atoms with Crippen LogP contribution in [0.3, 0.4) is 0 Å². The van der Waals surface area contributed by atoms with Crippen molar-refractivity contribution >= 4 is 12.1 Å². The molecule has 3 rings (SSSR count). The molecule has 0 saturated heterocycles. The van der Waals surface area contributed by atoms with E-state index < -0.39 is 0 Å². The molecule has 1 aliphatic rings. The Morgan fingerprint density at radius 2 is 1.70 bits per heavy atom. The number of nitrogens with one attached hydrogen (secondary N) is 1. The maximum absolute atomic E-state index is 10.5. The number of hydrogen-bond acceptors (Lipinski definition) is 3. The molecular weight excluding hydrogens is 290 g/mol. The highest BCUT2D eigenvalue weighted by Gasteiger charge is 2.18. The van der Waals surface area contributed by atoms with Gasteiger partial charge >= 0.3 is 0 Å². The van der Waals surface area contributed by atoms with E-state index in [9.17, 15) is 4.79 Å². The van der Waals surface area contributed by atoms with E-state index in [0.29, 0.717) is 12.5 Å². The van der Waals surface area contributed by atoms with Crippen LogP contribution in [0.1, 0.15) is 25.7 Å². The minimum Gasteiger partial charge on any atom is -0.493 e. The van der Waals surface area contributed by atoms with Crippen molar-refractivity contribution in [1.29, 1.82) is 0 Å². The van der Waals surface area contributed by atoms with E-state index in [0.717, 1.165) is 41.2 Å². The summed E-state index contributed by atoms with van der Waals surface area (Å²) in [7, 11) is 1.66. The molecule has 0 spiro atoms. The number of methoxy groups -OCH3 is 1. The summed E-state index contributed by atoms with van der Waals surface area (Å²) in [6.45, 7) is 0. The molecule has 0 bridgehead atoms. The molecule has 4 heteroatoms. The molecule has 23 heavy (non-hydrogen) atoms. The molecule has 1 aliphatic carbocycles. The van der Waals surface area contributed by atoms with Gasteiger partial charge in [-0.15, -0.1) is 0 Å². The molecule has 1 fully saturated rings. The number of rotatable bonds is 6. The minimum absolute atomic E-state index is 0.290. The summed E-state index contributed by atoms with van der Waals surface area (Å²) >= 11 is 0. The second-order valence-corrected chi connectivity index (χ2v) is 5.73. The molecule has 0 heterocycles. The van der Waals surface area contributed by atoms with Crippen molar-refractivity contribution in [2.75, 3.05) is 12.4 Å². The number of benzene rings is 2. The molecule has 0 unspecified atom stereocenters. The van der Waals surface area contributed by atoms with Crippen molar-refractivity contribution < 1.29 is 14.3 Å². The van der Waals surface area contributed by atoms with Crippen LogP contribution in [0.15, 0.2) is 42.5 Å². The number of hydrogen-bond donors (Lipinski definition) is 1. The highest BCUT2D eigenvalue weighted by Crippen LogP contribution is 2.35. The second-order valence-electron chi connectivity index (χ2n) is 5.73. The summed E-state index contributed by atoms with van der Waals surface area (Å²) < 4.78 is 11.6. The second kappa shape index (κ2) is 7.18. The van der Waals surface area contributed by atoms with Gasteiger partial charge in [-0.1, -0.05) is 18.2 Å². The Morgan fingerprint density at radius 3 is 2.35 bits per heavy atom. The summed E-state index contributed by atoms with van der Waals surface area (Å²) in [5.74, 6) is 1.56. The van der Waals surface area contributed by atoms with Crippen LogP contribution in [0.4, 0.5) is 5.69 Å². The monoisotopic (exact) mass is 311 g/mol. The van der Waals surface area contributed by atoms with Crippen molar-refractivity contribution in [3.05, 3.63) is 42.5 Å². The first-order chi connectivity index (χ1) is 11.3. The molecule has 1 amide bonds. The number of amides is 1. The van der Waals surface area contributed by atoms with Crippen LogP contribution in [0.25, 0.3) is 11.1 Å². The molecular formula is C19H21NO3. The Labute approximate surface area is 136 Å². The molecule has 1 N–H and O–H groups in total. The molecule has 0 aromatic heterocycles. The SMILES string of the molecule is COc1ccc(-c2ccc(NC=O)cc2)cc1OC1CCCC1. The largest absolute Gasteiger partial charge is 0.493 e. The fraction of sp³-hybridized carbons (Fsp3) is 0.316. The third kappa shape index (κ3) is 3.65. The lowest BCUT2D eigenvalue weighted by Crippen LogP contribution is -2.11. The van der Waals surface area contributed by atoms with Gasteiger partial charge in [0.15, 0.2) is 11.5 Å². The topological polar surface area (TPSA) is 47.6 Å². The Bertz CT molecular complexity index is 661. The van der Waals surface area contributed by atoms with Crippen molar-refractivity contribution in [3.8, 4) is 22.6 Å². The van der Waals surface area contributed by atoms with Gasteiger partial charge in [-0.2, -0.15) is 0 Å². The van der Waals surface area contributed by atoms with Gasteiger partial charge in [-0.25, -0.2) is 0 Å². The summed E-state index contributed by atoms with van der Waals surface area (Å²) in [4.78, 5) is 10.5. The van der Waals surface area contributed by atoms with Crippen LogP contribution in [0, 0.1) is 0 Å². The maximum Gasteiger partial charge on any atom is 0.211 e. The van der Waals surface area contributed by atoms with Crippen LogP contribution >= 0.6 is 0 Å². The highest BCUT2D eigenvalue weighted by atomic mass is 16.5. The van der Waals surface area contributed by atoms with Gasteiger partial charge in [0, 0.05) is 5.69 Å². The lowest BCUT2D eigenvalue weighted by atomic mass is 10.0. The predicted molar refractivity (Wildman–Crippen MR) is 91.0 cm³/mol. The van der Waals surface area contributed by atoms with Gasteiger partial charge < -0.3 is 14.8 Å². The van der Waals surface area contributed by atoms with Crippen LogP contribution in [-0.2, 0) is 4.79 Å². The van der Waals surface area contributed by atoms with Gasteiger partial charge in [-0.3, -0.25) is 4.79 Å². The van der Waals surface area contributed by atoms with Crippen molar-refractivity contribution in [2.45, 2.75) is 31.8 Å². The molecule has 2 aromatic carbocycles. The normalized spacial score (nSPS) is 14.5. The number of anilines is 1. The van der Waals surface area contributed by atoms with E-state index in [1.807, 2.05) is 42.5 Å². The predicted octanol–water partition coefficient (Wildman–Crippen LogP) is 4.25. The Morgan fingerprint density at radius 1 is 1.00 bits per heavy atom. The van der Waals surface area contributed by atoms with E-state index in [1.165, 1.54) is 12.8 Å². The Balaban J connectivity index is 1.85. The Kier molecular flexibility index (Phi) is 4.81. The van der Waals surface area contributed by atoms with Gasteiger partial charge in [0.1, 0.15) is 0 Å². The van der Waals surface area contributed by atoms with E-state index >= 15 is 0 Å². The maximum atomic E-state index is 10.5. The smallest absolute Gasteiger partial charge is 0.211 e. The van der Waals surface area contributed by atoms with E-state index in [1.54, 1.807) is 7.11 Å². The van der Waals surface area contributed by atoms with Gasteiger partial charge in [0.05, 0.1) is 13.2 Å². The van der Waals surface area contributed by atoms with Crippen LogP contribution in [0.5, 0.6) is 11.5 Å². The van der Waals surface area contributed by atoms with Crippen LogP contribution in [-0.4, -0.2) is 19.6 Å². The fourth-order valence-electron chi connectivity index (χ4n) is 2.96. The van der Waals surface area contributed by atoms with Crippen molar-refractivity contribution in [1.82, 2.24) is 0 Å². The van der Waals surface area contributed by atoms with E-state index in [4.69, 9.17) is 9.47 Å². The molecule has 4 nitrogen and oxygen atoms in total. The zero-order chi connectivity index (χ0) is 16.1. The summed E-state index contributed by atoms with van der Waals surface area (Å²) in [6, 6.07) is 13.7. The molecule has 120 valence electrons. The molecule has 0 radical (unpaired) electrons. The average Bonchev–Trinajstić information content (AvgIpc) is 3.09. The summed E-state index contributed by atoms with van der Waals surface area (Å²) in [6.07, 6.45) is 5.66. The van der Waals surface area contributed by atoms with Crippen molar-refractivity contribution in [3.63, 3.8) is 0 Å². The van der Waals surface area contributed by atoms with E-state index in [-0.39, 0.29) is 0 Å². The first-order valence-electron chi connectivity index (χ1n) is 7.95. The number of carbonyl (C=O) groups excluding carboxylic acids is 1. The van der Waals surface area contributed by atoms with Gasteiger partial charge in [0.2, 0.25) is 6.41 Å². The fourth-order valence-corrected chi connectivity index (χ4v) is 2.96. The number of ether oxygens (including phenoxy) is 2. The summed E-state index contributed by atoms with van der Waals surface area (Å²) in [5, 5.41) is 2.64. The third-order valence-corrected chi connectivity index (χ3v) is 4.20. The standard InChI is InChI=1S/C19H21NO3/c1-22-18-11-8-15(12-19(18)23-17-4-2-3-5-17)14-6-9-16(10-7-14)20-13-21/h6-13,17H,2-5H2,1H3,(H,20,21). The third-order valence-electron chi connectivity index (χ3n) is 4.20. The summed E-state index contributed by atoms with van der Waals surface area (Å²) in [5.41, 5.74) is 2.91. The van der Waals surface area contributed by atoms with Gasteiger partial charge in [0.25, 0.3) is 0 Å². The Hall–Kier alpha value is -2.49. The van der Waals surface area contributed by atoms with Crippen LogP contribution < -0.4 is 14.8 Å². The average molecular weight is 311 g/mol. The molecule has 0 aliphatic heterocycles. The van der Waals surface area contributed by atoms with Crippen molar-refractivity contribution in [2.24, 2.45) is 0 Å². The number of carbonyl (C=O) groups is 1. The highest BCUT2D eigenvalue weighted by molar-refractivity contribution is 5.74. The quantitative estimate of drug-likeness (QED) is 0.811. The first kappa shape index (κ1) is 15.4. The lowest BCUT2D eigenvalue weighted by molar-refractivity contribution is -0.105. The zero-order valence-electron chi connectivity index (χ0n) is 13.2. The molecule has 1 saturated carbocycles.